The van der Waals surface area contributed by atoms with Gasteiger partial charge in [-0.15, -0.1) is 22.7 Å². The normalized spacial score (nSPS) is 11.5. The first kappa shape index (κ1) is 28.8. The van der Waals surface area contributed by atoms with Crippen molar-refractivity contribution in [3.63, 3.8) is 0 Å². The van der Waals surface area contributed by atoms with Crippen LogP contribution >= 0.6 is 22.7 Å². The number of alkyl carbamates (subject to hydrolysis) is 1. The number of fused-ring (bicyclic) bond motifs is 2. The van der Waals surface area contributed by atoms with Crippen LogP contribution < -0.4 is 5.32 Å². The molecule has 0 fully saturated rings. The van der Waals surface area contributed by atoms with Crippen molar-refractivity contribution in [1.82, 2.24) is 35.1 Å². The van der Waals surface area contributed by atoms with E-state index < -0.39 is 6.09 Å². The van der Waals surface area contributed by atoms with Crippen molar-refractivity contribution in [3.05, 3.63) is 48.2 Å². The van der Waals surface area contributed by atoms with Crippen molar-refractivity contribution in [1.29, 1.82) is 0 Å². The zero-order valence-corrected chi connectivity index (χ0v) is 25.4. The topological polar surface area (TPSA) is 119 Å². The molecule has 0 spiro atoms. The fourth-order valence-corrected chi connectivity index (χ4v) is 7.12. The van der Waals surface area contributed by atoms with Crippen molar-refractivity contribution in [2.24, 2.45) is 0 Å². The summed E-state index contributed by atoms with van der Waals surface area (Å²) in [7, 11) is 3.39. The van der Waals surface area contributed by atoms with E-state index in [1.807, 2.05) is 13.1 Å². The van der Waals surface area contributed by atoms with Crippen LogP contribution in [0.15, 0.2) is 36.5 Å². The molecule has 0 radical (unpaired) electrons. The van der Waals surface area contributed by atoms with Gasteiger partial charge in [-0.2, -0.15) is 0 Å². The summed E-state index contributed by atoms with van der Waals surface area (Å²) in [4.78, 5) is 46.4. The number of aromatic nitrogens is 4. The first-order valence-electron chi connectivity index (χ1n) is 13.7. The number of imidazole rings is 2. The Bertz CT molecular complexity index is 1620. The maximum absolute atomic E-state index is 12.6. The second-order valence-electron chi connectivity index (χ2n) is 10.0. The minimum Gasteiger partial charge on any atom is -0.453 e. The van der Waals surface area contributed by atoms with Gasteiger partial charge in [-0.3, -0.25) is 9.69 Å². The fraction of sp³-hybridized carbons (Fsp3) is 0.379. The summed E-state index contributed by atoms with van der Waals surface area (Å²) < 4.78 is 7.00. The van der Waals surface area contributed by atoms with E-state index in [9.17, 15) is 9.59 Å². The van der Waals surface area contributed by atoms with Gasteiger partial charge in [-0.05, 0) is 56.3 Å². The second-order valence-corrected chi connectivity index (χ2v) is 12.2. The molecule has 3 N–H and O–H groups in total. The van der Waals surface area contributed by atoms with Gasteiger partial charge in [0.15, 0.2) is 0 Å². The molecule has 41 heavy (non-hydrogen) atoms. The molecule has 0 aliphatic carbocycles. The number of thiophene rings is 2. The number of carbonyl (C=O) groups is 2. The van der Waals surface area contributed by atoms with Crippen LogP contribution in [0.2, 0.25) is 0 Å². The van der Waals surface area contributed by atoms with Gasteiger partial charge in [0, 0.05) is 20.8 Å². The van der Waals surface area contributed by atoms with Gasteiger partial charge in [0.05, 0.1) is 48.0 Å². The lowest BCUT2D eigenvalue weighted by Gasteiger charge is -2.21. The van der Waals surface area contributed by atoms with Crippen LogP contribution in [0.1, 0.15) is 38.3 Å². The predicted molar refractivity (Wildman–Crippen MR) is 165 cm³/mol. The van der Waals surface area contributed by atoms with E-state index in [1.54, 1.807) is 27.6 Å². The van der Waals surface area contributed by atoms with Gasteiger partial charge in [-0.25, -0.2) is 14.8 Å². The van der Waals surface area contributed by atoms with E-state index in [0.29, 0.717) is 18.9 Å². The number of amides is 2. The Balaban J connectivity index is 1.28. The molecule has 4 heterocycles. The van der Waals surface area contributed by atoms with Crippen molar-refractivity contribution in [3.8, 4) is 21.0 Å². The highest BCUT2D eigenvalue weighted by molar-refractivity contribution is 7.31. The van der Waals surface area contributed by atoms with Crippen molar-refractivity contribution in [2.75, 3.05) is 33.8 Å². The molecule has 0 aliphatic heterocycles. The molecule has 1 aromatic carbocycles. The zero-order valence-electron chi connectivity index (χ0n) is 23.7. The van der Waals surface area contributed by atoms with E-state index in [2.05, 4.69) is 74.2 Å². The Hall–Kier alpha value is -3.74. The zero-order chi connectivity index (χ0) is 28.9. The number of H-pyrrole nitrogens is 2. The van der Waals surface area contributed by atoms with E-state index >= 15 is 0 Å². The Morgan fingerprint density at radius 1 is 0.976 bits per heavy atom. The molecule has 12 heteroatoms. The molecular weight excluding hydrogens is 558 g/mol. The van der Waals surface area contributed by atoms with Crippen LogP contribution in [0, 0.1) is 0 Å². The van der Waals surface area contributed by atoms with Crippen molar-refractivity contribution < 1.29 is 14.3 Å². The number of hydrogen-bond acceptors (Lipinski definition) is 8. The number of aromatic amines is 2. The maximum Gasteiger partial charge on any atom is 0.407 e. The third-order valence-electron chi connectivity index (χ3n) is 6.70. The number of benzene rings is 1. The van der Waals surface area contributed by atoms with Crippen LogP contribution in [0.3, 0.4) is 0 Å². The quantitative estimate of drug-likeness (QED) is 0.167. The Morgan fingerprint density at radius 2 is 1.73 bits per heavy atom. The molecule has 0 bridgehead atoms. The summed E-state index contributed by atoms with van der Waals surface area (Å²) in [6, 6.07) is 10.9. The number of rotatable bonds is 12. The van der Waals surface area contributed by atoms with E-state index in [-0.39, 0.29) is 12.5 Å². The van der Waals surface area contributed by atoms with Gasteiger partial charge in [0.1, 0.15) is 18.2 Å². The number of nitrogens with zero attached hydrogens (tertiary/aromatic N) is 4. The van der Waals surface area contributed by atoms with Crippen LogP contribution in [0.5, 0.6) is 0 Å². The summed E-state index contributed by atoms with van der Waals surface area (Å²) >= 11 is 3.49. The summed E-state index contributed by atoms with van der Waals surface area (Å²) in [5.74, 6) is 1.50. The highest BCUT2D eigenvalue weighted by atomic mass is 32.1. The number of nitrogens with one attached hydrogen (secondary N) is 3. The first-order valence-corrected chi connectivity index (χ1v) is 15.3. The van der Waals surface area contributed by atoms with Gasteiger partial charge < -0.3 is 24.9 Å². The number of carbonyl (C=O) groups excluding carboxylic acids is 2. The summed E-state index contributed by atoms with van der Waals surface area (Å²) in [5, 5.41) is 2.45. The van der Waals surface area contributed by atoms with Crippen LogP contribution in [-0.4, -0.2) is 75.5 Å². The average molecular weight is 594 g/mol. The predicted octanol–water partition coefficient (Wildman–Crippen LogP) is 5.83. The summed E-state index contributed by atoms with van der Waals surface area (Å²) in [6.07, 6.45) is 3.11. The summed E-state index contributed by atoms with van der Waals surface area (Å²) in [6.45, 7) is 6.83. The van der Waals surface area contributed by atoms with Gasteiger partial charge in [0.25, 0.3) is 0 Å². The minimum absolute atomic E-state index is 0.117. The molecule has 10 nitrogen and oxygen atoms in total. The molecule has 4 aromatic heterocycles. The Morgan fingerprint density at radius 3 is 2.49 bits per heavy atom. The first-order chi connectivity index (χ1) is 19.9. The van der Waals surface area contributed by atoms with Crippen LogP contribution in [0.25, 0.3) is 41.4 Å². The molecule has 0 saturated carbocycles. The molecule has 0 unspecified atom stereocenters. The van der Waals surface area contributed by atoms with Crippen LogP contribution in [-0.2, 0) is 22.6 Å². The van der Waals surface area contributed by atoms with E-state index in [4.69, 9.17) is 4.98 Å². The number of ether oxygens (including phenoxy) is 1. The van der Waals surface area contributed by atoms with Gasteiger partial charge >= 0.3 is 6.09 Å². The monoisotopic (exact) mass is 593 g/mol. The molecule has 2 amide bonds. The third kappa shape index (κ3) is 6.77. The Kier molecular flexibility index (Phi) is 9.01. The van der Waals surface area contributed by atoms with Crippen molar-refractivity contribution >= 4 is 55.1 Å². The molecule has 216 valence electrons. The van der Waals surface area contributed by atoms with E-state index in [1.165, 1.54) is 27.0 Å². The van der Waals surface area contributed by atoms with Gasteiger partial charge in [0.2, 0.25) is 5.91 Å². The van der Waals surface area contributed by atoms with Gasteiger partial charge in [-0.1, -0.05) is 19.9 Å². The molecule has 5 aromatic rings. The smallest absolute Gasteiger partial charge is 0.407 e. The fourth-order valence-electron chi connectivity index (χ4n) is 4.76. The molecule has 0 saturated heterocycles. The molecule has 0 aliphatic rings. The molecule has 0 atom stereocenters. The lowest BCUT2D eigenvalue weighted by Crippen LogP contribution is -2.40. The van der Waals surface area contributed by atoms with Crippen LogP contribution in [0.4, 0.5) is 4.79 Å². The average Bonchev–Trinajstić information content (AvgIpc) is 3.73. The Labute approximate surface area is 246 Å². The lowest BCUT2D eigenvalue weighted by molar-refractivity contribution is -0.130. The van der Waals surface area contributed by atoms with E-state index in [0.717, 1.165) is 53.4 Å². The standard InChI is InChI=1S/C29H35N7O3S2/c1-5-9-35(3)16-27-32-19-8-7-18(11-20(19)33-27)22-12-24-25(40-22)13-23(41-24)21-14-30-26(34-21)17-36(10-6-2)28(37)15-31-29(38)39-4/h7-8,11-14H,5-6,9-10,15-17H2,1-4H3,(H,30,34)(H,31,38)(H,32,33). The molecular formula is C29H35N7O3S2. The summed E-state index contributed by atoms with van der Waals surface area (Å²) in [5.41, 5.74) is 4.14. The number of methoxy groups -OCH3 is 1. The maximum atomic E-state index is 12.6. The van der Waals surface area contributed by atoms with Crippen molar-refractivity contribution in [2.45, 2.75) is 39.8 Å². The SMILES string of the molecule is CCCN(C)Cc1nc2ccc(-c3cc4sc(-c5cnc(CN(CCC)C(=O)CNC(=O)OC)[nH]5)cc4s3)cc2[nH]1. The third-order valence-corrected chi connectivity index (χ3v) is 9.07. The minimum atomic E-state index is -0.627. The highest BCUT2D eigenvalue weighted by Crippen LogP contribution is 2.41. The number of hydrogen-bond donors (Lipinski definition) is 3. The largest absolute Gasteiger partial charge is 0.453 e. The molecule has 5 rings (SSSR count). The second kappa shape index (κ2) is 12.8. The highest BCUT2D eigenvalue weighted by Gasteiger charge is 2.18. The lowest BCUT2D eigenvalue weighted by atomic mass is 10.1.